The SMILES string of the molecule is C[N+](C)=CNc1sccc1C(N)=O. The molecule has 70 valence electrons. The van der Waals surface area contributed by atoms with E-state index in [-0.39, 0.29) is 0 Å². The van der Waals surface area contributed by atoms with E-state index in [1.165, 1.54) is 11.3 Å². The third-order valence-corrected chi connectivity index (χ3v) is 2.23. The molecule has 0 spiro atoms. The minimum atomic E-state index is -0.407. The summed E-state index contributed by atoms with van der Waals surface area (Å²) in [5.41, 5.74) is 5.70. The Hall–Kier alpha value is -1.36. The highest BCUT2D eigenvalue weighted by molar-refractivity contribution is 7.14. The molecule has 4 nitrogen and oxygen atoms in total. The van der Waals surface area contributed by atoms with E-state index in [1.807, 2.05) is 24.1 Å². The number of carbonyl (C=O) groups is 1. The van der Waals surface area contributed by atoms with E-state index in [2.05, 4.69) is 5.32 Å². The highest BCUT2D eigenvalue weighted by atomic mass is 32.1. The van der Waals surface area contributed by atoms with Crippen molar-refractivity contribution in [1.29, 1.82) is 0 Å². The van der Waals surface area contributed by atoms with Gasteiger partial charge in [0.1, 0.15) is 0 Å². The zero-order valence-corrected chi connectivity index (χ0v) is 8.39. The Kier molecular flexibility index (Phi) is 3.02. The van der Waals surface area contributed by atoms with E-state index < -0.39 is 5.91 Å². The predicted octanol–water partition coefficient (Wildman–Crippen LogP) is 0.559. The van der Waals surface area contributed by atoms with Gasteiger partial charge in [0.05, 0.1) is 19.7 Å². The van der Waals surface area contributed by atoms with E-state index in [9.17, 15) is 4.79 Å². The first-order chi connectivity index (χ1) is 6.11. The fraction of sp³-hybridized carbons (Fsp3) is 0.250. The highest BCUT2D eigenvalue weighted by Crippen LogP contribution is 2.21. The lowest BCUT2D eigenvalue weighted by Crippen LogP contribution is -2.13. The summed E-state index contributed by atoms with van der Waals surface area (Å²) in [4.78, 5) is 10.9. The molecule has 0 fully saturated rings. The molecule has 1 heterocycles. The number of anilines is 1. The standard InChI is InChI=1S/C8H11N3OS/c1-11(2)5-10-8-6(7(9)12)3-4-13-8/h3-5H,1-2H3,(H2,9,12)/p+1. The number of nitrogens with one attached hydrogen (secondary N) is 1. The minimum Gasteiger partial charge on any atom is -0.365 e. The molecule has 0 saturated carbocycles. The molecule has 1 aromatic heterocycles. The largest absolute Gasteiger partial charge is 0.365 e. The summed E-state index contributed by atoms with van der Waals surface area (Å²) >= 11 is 1.45. The molecule has 0 aliphatic carbocycles. The summed E-state index contributed by atoms with van der Waals surface area (Å²) < 4.78 is 1.85. The maximum Gasteiger partial charge on any atom is 0.253 e. The average Bonchev–Trinajstić information content (AvgIpc) is 2.47. The van der Waals surface area contributed by atoms with E-state index in [1.54, 1.807) is 12.4 Å². The lowest BCUT2D eigenvalue weighted by molar-refractivity contribution is -0.459. The maximum atomic E-state index is 10.9. The van der Waals surface area contributed by atoms with Crippen LogP contribution in [0.2, 0.25) is 0 Å². The zero-order valence-electron chi connectivity index (χ0n) is 7.57. The van der Waals surface area contributed by atoms with E-state index in [4.69, 9.17) is 5.73 Å². The van der Waals surface area contributed by atoms with E-state index in [0.717, 1.165) is 5.00 Å². The quantitative estimate of drug-likeness (QED) is 0.423. The predicted molar refractivity (Wildman–Crippen MR) is 54.6 cm³/mol. The lowest BCUT2D eigenvalue weighted by atomic mass is 10.3. The molecule has 1 rings (SSSR count). The summed E-state index contributed by atoms with van der Waals surface area (Å²) in [6.07, 6.45) is 1.76. The highest BCUT2D eigenvalue weighted by Gasteiger charge is 2.11. The zero-order chi connectivity index (χ0) is 9.84. The Morgan fingerprint density at radius 2 is 2.38 bits per heavy atom. The van der Waals surface area contributed by atoms with Crippen LogP contribution in [0.3, 0.4) is 0 Å². The number of primary amides is 1. The van der Waals surface area contributed by atoms with Crippen molar-refractivity contribution < 1.29 is 9.37 Å². The lowest BCUT2D eigenvalue weighted by Gasteiger charge is -1.93. The third kappa shape index (κ3) is 2.55. The van der Waals surface area contributed by atoms with Crippen LogP contribution >= 0.6 is 11.3 Å². The van der Waals surface area contributed by atoms with Gasteiger partial charge in [0.2, 0.25) is 6.34 Å². The van der Waals surface area contributed by atoms with Crippen LogP contribution in [-0.2, 0) is 0 Å². The van der Waals surface area contributed by atoms with Crippen LogP contribution in [0.15, 0.2) is 11.4 Å². The van der Waals surface area contributed by atoms with Crippen LogP contribution in [0.4, 0.5) is 5.00 Å². The Labute approximate surface area is 80.7 Å². The van der Waals surface area contributed by atoms with Gasteiger partial charge in [-0.05, 0) is 11.4 Å². The summed E-state index contributed by atoms with van der Waals surface area (Å²) in [6, 6.07) is 1.71. The van der Waals surface area contributed by atoms with Gasteiger partial charge in [-0.2, -0.15) is 0 Å². The fourth-order valence-corrected chi connectivity index (χ4v) is 1.56. The average molecular weight is 198 g/mol. The molecule has 13 heavy (non-hydrogen) atoms. The molecule has 0 saturated heterocycles. The van der Waals surface area contributed by atoms with Crippen LogP contribution in [0.25, 0.3) is 0 Å². The van der Waals surface area contributed by atoms with Gasteiger partial charge in [-0.25, -0.2) is 5.32 Å². The van der Waals surface area contributed by atoms with Gasteiger partial charge < -0.3 is 5.73 Å². The molecule has 0 unspecified atom stereocenters. The Morgan fingerprint density at radius 1 is 1.69 bits per heavy atom. The number of rotatable bonds is 3. The molecule has 1 aromatic rings. The maximum absolute atomic E-state index is 10.9. The molecule has 5 heteroatoms. The second-order valence-electron chi connectivity index (χ2n) is 2.76. The van der Waals surface area contributed by atoms with Gasteiger partial charge in [0.25, 0.3) is 5.91 Å². The smallest absolute Gasteiger partial charge is 0.253 e. The summed E-state index contributed by atoms with van der Waals surface area (Å²) in [5, 5.41) is 5.60. The van der Waals surface area contributed by atoms with Gasteiger partial charge in [0, 0.05) is 0 Å². The van der Waals surface area contributed by atoms with Crippen LogP contribution in [0.1, 0.15) is 10.4 Å². The first-order valence-electron chi connectivity index (χ1n) is 3.75. The summed E-state index contributed by atoms with van der Waals surface area (Å²) in [6.45, 7) is 0. The van der Waals surface area contributed by atoms with Gasteiger partial charge in [0.15, 0.2) is 5.00 Å². The van der Waals surface area contributed by atoms with Crippen molar-refractivity contribution in [2.75, 3.05) is 19.4 Å². The molecule has 0 aliphatic heterocycles. The fourth-order valence-electron chi connectivity index (χ4n) is 0.803. The molecular weight excluding hydrogens is 186 g/mol. The Balaban J connectivity index is 2.83. The first-order valence-corrected chi connectivity index (χ1v) is 4.63. The number of carbonyl (C=O) groups excluding carboxylic acids is 1. The van der Waals surface area contributed by atoms with Crippen LogP contribution in [0, 0.1) is 0 Å². The summed E-state index contributed by atoms with van der Waals surface area (Å²) in [7, 11) is 3.79. The molecule has 1 amide bonds. The van der Waals surface area contributed by atoms with Crippen molar-refractivity contribution >= 4 is 28.6 Å². The number of thiophene rings is 1. The first kappa shape index (κ1) is 9.73. The van der Waals surface area contributed by atoms with Gasteiger partial charge in [-0.1, -0.05) is 0 Å². The van der Waals surface area contributed by atoms with Crippen LogP contribution in [-0.4, -0.2) is 30.9 Å². The number of hydrogen-bond donors (Lipinski definition) is 2. The molecule has 0 aromatic carbocycles. The van der Waals surface area contributed by atoms with Crippen molar-refractivity contribution in [3.8, 4) is 0 Å². The van der Waals surface area contributed by atoms with Gasteiger partial charge in [-0.3, -0.25) is 9.37 Å². The Morgan fingerprint density at radius 3 is 2.92 bits per heavy atom. The number of amides is 1. The minimum absolute atomic E-state index is 0.407. The van der Waals surface area contributed by atoms with Crippen LogP contribution in [0.5, 0.6) is 0 Å². The van der Waals surface area contributed by atoms with Crippen molar-refractivity contribution in [2.45, 2.75) is 0 Å². The van der Waals surface area contributed by atoms with Crippen molar-refractivity contribution in [3.05, 3.63) is 17.0 Å². The molecule has 3 N–H and O–H groups in total. The number of hydrogen-bond acceptors (Lipinski definition) is 2. The van der Waals surface area contributed by atoms with Crippen molar-refractivity contribution in [3.63, 3.8) is 0 Å². The normalized spacial score (nSPS) is 9.38. The van der Waals surface area contributed by atoms with Gasteiger partial charge >= 0.3 is 0 Å². The summed E-state index contributed by atoms with van der Waals surface area (Å²) in [5.74, 6) is -0.407. The van der Waals surface area contributed by atoms with Crippen LogP contribution < -0.4 is 11.1 Å². The topological polar surface area (TPSA) is 58.1 Å². The monoisotopic (exact) mass is 198 g/mol. The Bertz CT molecular complexity index is 339. The van der Waals surface area contributed by atoms with E-state index >= 15 is 0 Å². The van der Waals surface area contributed by atoms with Crippen molar-refractivity contribution in [1.82, 2.24) is 0 Å². The molecule has 0 bridgehead atoms. The second kappa shape index (κ2) is 4.04. The second-order valence-corrected chi connectivity index (χ2v) is 3.68. The molecule has 0 radical (unpaired) electrons. The van der Waals surface area contributed by atoms with E-state index in [0.29, 0.717) is 5.56 Å². The molecule has 0 aliphatic rings. The molecular formula is C8H12N3OS+. The van der Waals surface area contributed by atoms with Gasteiger partial charge in [-0.15, -0.1) is 11.3 Å². The third-order valence-electron chi connectivity index (χ3n) is 1.38. The van der Waals surface area contributed by atoms with Crippen molar-refractivity contribution in [2.24, 2.45) is 5.73 Å². The number of nitrogens with zero attached hydrogens (tertiary/aromatic N) is 1. The number of nitrogens with two attached hydrogens (primary N) is 1. The molecule has 0 atom stereocenters.